The Morgan fingerprint density at radius 1 is 1.22 bits per heavy atom. The monoisotopic (exact) mass is 404 g/mol. The van der Waals surface area contributed by atoms with Crippen molar-refractivity contribution >= 4 is 34.8 Å². The fourth-order valence-corrected chi connectivity index (χ4v) is 3.51. The smallest absolute Gasteiger partial charge is 0.331 e. The quantitative estimate of drug-likeness (QED) is 0.648. The maximum Gasteiger partial charge on any atom is 0.331 e. The molecule has 8 heteroatoms. The van der Waals surface area contributed by atoms with Crippen molar-refractivity contribution in [3.05, 3.63) is 76.0 Å². The number of hydrogen-bond acceptors (Lipinski definition) is 4. The molecule has 0 aliphatic rings. The fraction of sp³-hybridized carbons (Fsp3) is 0.105. The summed E-state index contributed by atoms with van der Waals surface area (Å²) in [7, 11) is 0. The Balaban J connectivity index is 1.72. The van der Waals surface area contributed by atoms with E-state index in [4.69, 9.17) is 11.6 Å². The molecular weight excluding hydrogens is 391 g/mol. The summed E-state index contributed by atoms with van der Waals surface area (Å²) in [5.74, 6) is -2.60. The van der Waals surface area contributed by atoms with E-state index in [0.717, 1.165) is 11.6 Å². The molecule has 1 unspecified atom stereocenters. The molecule has 0 aliphatic heterocycles. The molecule has 0 saturated heterocycles. The van der Waals surface area contributed by atoms with Crippen molar-refractivity contribution in [2.45, 2.75) is 12.5 Å². The molecule has 1 heterocycles. The van der Waals surface area contributed by atoms with Crippen LogP contribution in [0.1, 0.15) is 17.3 Å². The van der Waals surface area contributed by atoms with E-state index >= 15 is 0 Å². The van der Waals surface area contributed by atoms with Crippen LogP contribution >= 0.6 is 22.9 Å². The molecule has 5 nitrogen and oxygen atoms in total. The van der Waals surface area contributed by atoms with Gasteiger partial charge in [-0.15, -0.1) is 11.3 Å². The van der Waals surface area contributed by atoms with Crippen molar-refractivity contribution in [3.63, 3.8) is 0 Å². The predicted octanol–water partition coefficient (Wildman–Crippen LogP) is 4.09. The maximum absolute atomic E-state index is 13.9. The molecular formula is C19H14ClFN2O3S. The van der Waals surface area contributed by atoms with Crippen molar-refractivity contribution in [1.29, 1.82) is 0 Å². The lowest BCUT2D eigenvalue weighted by Crippen LogP contribution is -2.35. The van der Waals surface area contributed by atoms with Crippen LogP contribution in [0.3, 0.4) is 0 Å². The molecule has 1 aromatic heterocycles. The second kappa shape index (κ2) is 8.28. The predicted molar refractivity (Wildman–Crippen MR) is 101 cm³/mol. The van der Waals surface area contributed by atoms with Gasteiger partial charge in [0.1, 0.15) is 10.8 Å². The van der Waals surface area contributed by atoms with Crippen LogP contribution < -0.4 is 5.32 Å². The first-order valence-corrected chi connectivity index (χ1v) is 9.17. The van der Waals surface area contributed by atoms with E-state index in [-0.39, 0.29) is 12.0 Å². The summed E-state index contributed by atoms with van der Waals surface area (Å²) < 4.78 is 13.9. The van der Waals surface area contributed by atoms with E-state index in [2.05, 4.69) is 10.3 Å². The minimum Gasteiger partial charge on any atom is -0.479 e. The number of benzene rings is 2. The lowest BCUT2D eigenvalue weighted by atomic mass is 10.1. The van der Waals surface area contributed by atoms with Gasteiger partial charge in [-0.25, -0.2) is 14.2 Å². The molecule has 1 amide bonds. The highest BCUT2D eigenvalue weighted by molar-refractivity contribution is 7.13. The third-order valence-electron chi connectivity index (χ3n) is 3.73. The van der Waals surface area contributed by atoms with Crippen LogP contribution in [0.25, 0.3) is 10.6 Å². The van der Waals surface area contributed by atoms with Gasteiger partial charge in [-0.05, 0) is 18.2 Å². The van der Waals surface area contributed by atoms with E-state index < -0.39 is 23.7 Å². The summed E-state index contributed by atoms with van der Waals surface area (Å²) in [5.41, 5.74) is 1.22. The highest BCUT2D eigenvalue weighted by Crippen LogP contribution is 2.26. The first kappa shape index (κ1) is 19.0. The molecule has 27 heavy (non-hydrogen) atoms. The van der Waals surface area contributed by atoms with Crippen LogP contribution in [0.2, 0.25) is 5.02 Å². The molecule has 2 aromatic carbocycles. The third kappa shape index (κ3) is 4.69. The van der Waals surface area contributed by atoms with Crippen molar-refractivity contribution in [3.8, 4) is 10.6 Å². The van der Waals surface area contributed by atoms with Gasteiger partial charge in [0.05, 0.1) is 12.1 Å². The maximum atomic E-state index is 13.9. The number of rotatable bonds is 6. The van der Waals surface area contributed by atoms with E-state index in [1.165, 1.54) is 29.5 Å². The zero-order valence-corrected chi connectivity index (χ0v) is 15.4. The molecule has 1 atom stereocenters. The Labute approximate surface area is 163 Å². The molecule has 0 saturated carbocycles. The van der Waals surface area contributed by atoms with E-state index in [1.54, 1.807) is 23.6 Å². The Morgan fingerprint density at radius 2 is 2.00 bits per heavy atom. The first-order valence-electron chi connectivity index (χ1n) is 7.91. The molecule has 3 aromatic rings. The summed E-state index contributed by atoms with van der Waals surface area (Å²) >= 11 is 7.32. The van der Waals surface area contributed by atoms with Gasteiger partial charge in [-0.2, -0.15) is 0 Å². The summed E-state index contributed by atoms with van der Waals surface area (Å²) in [5, 5.41) is 14.7. The van der Waals surface area contributed by atoms with E-state index in [0.29, 0.717) is 15.7 Å². The van der Waals surface area contributed by atoms with Crippen LogP contribution in [0, 0.1) is 5.82 Å². The van der Waals surface area contributed by atoms with Gasteiger partial charge in [-0.3, -0.25) is 4.79 Å². The van der Waals surface area contributed by atoms with Crippen LogP contribution in [0.5, 0.6) is 0 Å². The number of nitrogens with one attached hydrogen (secondary N) is 1. The summed E-state index contributed by atoms with van der Waals surface area (Å²) in [6.45, 7) is 0. The highest BCUT2D eigenvalue weighted by Gasteiger charge is 2.25. The molecule has 0 bridgehead atoms. The van der Waals surface area contributed by atoms with Crippen molar-refractivity contribution in [1.82, 2.24) is 10.3 Å². The fourth-order valence-electron chi connectivity index (χ4n) is 2.50. The lowest BCUT2D eigenvalue weighted by Gasteiger charge is -2.15. The topological polar surface area (TPSA) is 79.3 Å². The number of thiazole rings is 1. The summed E-state index contributed by atoms with van der Waals surface area (Å²) in [6.07, 6.45) is -0.116. The van der Waals surface area contributed by atoms with Gasteiger partial charge >= 0.3 is 5.97 Å². The van der Waals surface area contributed by atoms with Gasteiger partial charge in [0, 0.05) is 21.5 Å². The number of aromatic nitrogens is 1. The molecule has 2 N–H and O–H groups in total. The van der Waals surface area contributed by atoms with Gasteiger partial charge < -0.3 is 10.4 Å². The number of carboxylic acid groups (broad SMARTS) is 1. The van der Waals surface area contributed by atoms with Crippen LogP contribution in [-0.2, 0) is 16.0 Å². The Bertz CT molecular complexity index is 992. The minimum atomic E-state index is -1.47. The van der Waals surface area contributed by atoms with Crippen molar-refractivity contribution in [2.24, 2.45) is 0 Å². The number of aliphatic carboxylic acids is 1. The number of hydrogen-bond donors (Lipinski definition) is 2. The average molecular weight is 405 g/mol. The largest absolute Gasteiger partial charge is 0.479 e. The van der Waals surface area contributed by atoms with Gasteiger partial charge in [0.25, 0.3) is 0 Å². The normalized spacial score (nSPS) is 11.8. The van der Waals surface area contributed by atoms with Gasteiger partial charge in [0.2, 0.25) is 5.91 Å². The average Bonchev–Trinajstić information content (AvgIpc) is 3.09. The number of halogens is 2. The SMILES string of the molecule is O=C(Cc1csc(-c2cccc(Cl)c2)n1)NC(C(=O)O)c1ccccc1F. The zero-order chi connectivity index (χ0) is 19.4. The minimum absolute atomic E-state index is 0.101. The third-order valence-corrected chi connectivity index (χ3v) is 4.91. The molecule has 0 aliphatic carbocycles. The molecule has 3 rings (SSSR count). The standard InChI is InChI=1S/C19H14ClFN2O3S/c20-12-5-3-4-11(8-12)18-22-13(10-27-18)9-16(24)23-17(19(25)26)14-6-1-2-7-15(14)21/h1-8,10,17H,9H2,(H,23,24)(H,25,26). The Morgan fingerprint density at radius 3 is 2.70 bits per heavy atom. The highest BCUT2D eigenvalue weighted by atomic mass is 35.5. The zero-order valence-electron chi connectivity index (χ0n) is 13.9. The van der Waals surface area contributed by atoms with Crippen LogP contribution in [0.4, 0.5) is 4.39 Å². The number of carboxylic acids is 1. The second-order valence-corrected chi connectivity index (χ2v) is 6.99. The summed E-state index contributed by atoms with van der Waals surface area (Å²) in [4.78, 5) is 28.1. The molecule has 138 valence electrons. The van der Waals surface area contributed by atoms with Crippen LogP contribution in [0.15, 0.2) is 53.9 Å². The first-order chi connectivity index (χ1) is 12.9. The molecule has 0 fully saturated rings. The Hall–Kier alpha value is -2.77. The second-order valence-electron chi connectivity index (χ2n) is 5.69. The number of carbonyl (C=O) groups is 2. The van der Waals surface area contributed by atoms with E-state index in [9.17, 15) is 19.1 Å². The van der Waals surface area contributed by atoms with Crippen molar-refractivity contribution < 1.29 is 19.1 Å². The van der Waals surface area contributed by atoms with Crippen molar-refractivity contribution in [2.75, 3.05) is 0 Å². The molecule has 0 spiro atoms. The number of amides is 1. The van der Waals surface area contributed by atoms with Crippen LogP contribution in [-0.4, -0.2) is 22.0 Å². The molecule has 0 radical (unpaired) electrons. The number of nitrogens with zero attached hydrogens (tertiary/aromatic N) is 1. The number of carbonyl (C=O) groups excluding carboxylic acids is 1. The Kier molecular flexibility index (Phi) is 5.83. The van der Waals surface area contributed by atoms with E-state index in [1.807, 2.05) is 6.07 Å². The summed E-state index contributed by atoms with van der Waals surface area (Å²) in [6, 6.07) is 11.1. The van der Waals surface area contributed by atoms with Gasteiger partial charge in [-0.1, -0.05) is 41.9 Å². The lowest BCUT2D eigenvalue weighted by molar-refractivity contribution is -0.142. The van der Waals surface area contributed by atoms with Gasteiger partial charge in [0.15, 0.2) is 6.04 Å².